The Kier molecular flexibility index (Phi) is 2.00. The Labute approximate surface area is 77.2 Å². The van der Waals surface area contributed by atoms with Crippen LogP contribution in [0.25, 0.3) is 0 Å². The number of fused-ring (bicyclic) bond motifs is 3. The third kappa shape index (κ3) is 1.31. The van der Waals surface area contributed by atoms with E-state index >= 15 is 0 Å². The van der Waals surface area contributed by atoms with Gasteiger partial charge in [0.05, 0.1) is 6.04 Å². The fourth-order valence-corrected chi connectivity index (χ4v) is 2.33. The average molecular weight is 182 g/mol. The van der Waals surface area contributed by atoms with Crippen LogP contribution in [0.1, 0.15) is 12.8 Å². The molecule has 1 amide bonds. The van der Waals surface area contributed by atoms with Gasteiger partial charge in [-0.3, -0.25) is 0 Å². The van der Waals surface area contributed by atoms with Crippen LogP contribution in [0.5, 0.6) is 0 Å². The van der Waals surface area contributed by atoms with Crippen molar-refractivity contribution in [1.29, 1.82) is 0 Å². The number of rotatable bonds is 1. The molecular formula is C9H14N2O2. The van der Waals surface area contributed by atoms with E-state index in [0.29, 0.717) is 12.6 Å². The number of amides is 1. The minimum atomic E-state index is -0.803. The van der Waals surface area contributed by atoms with E-state index in [-0.39, 0.29) is 12.1 Å². The first-order chi connectivity index (χ1) is 6.22. The first-order valence-corrected chi connectivity index (χ1v) is 4.60. The van der Waals surface area contributed by atoms with Crippen molar-refractivity contribution in [3.05, 3.63) is 12.7 Å². The number of carboxylic acid groups (broad SMARTS) is 1. The van der Waals surface area contributed by atoms with E-state index < -0.39 is 6.09 Å². The van der Waals surface area contributed by atoms with Crippen molar-refractivity contribution in [1.82, 2.24) is 10.2 Å². The molecular weight excluding hydrogens is 168 g/mol. The van der Waals surface area contributed by atoms with Crippen LogP contribution in [0.15, 0.2) is 12.7 Å². The topological polar surface area (TPSA) is 52.6 Å². The lowest BCUT2D eigenvalue weighted by Crippen LogP contribution is -2.66. The van der Waals surface area contributed by atoms with E-state index in [0.717, 1.165) is 12.8 Å². The van der Waals surface area contributed by atoms with Gasteiger partial charge in [-0.15, -0.1) is 6.58 Å². The van der Waals surface area contributed by atoms with Crippen LogP contribution < -0.4 is 5.32 Å². The number of piperidine rings is 2. The van der Waals surface area contributed by atoms with Crippen LogP contribution in [0.4, 0.5) is 4.79 Å². The molecule has 4 nitrogen and oxygen atoms in total. The minimum Gasteiger partial charge on any atom is -0.465 e. The summed E-state index contributed by atoms with van der Waals surface area (Å²) in [5, 5.41) is 12.3. The van der Waals surface area contributed by atoms with Gasteiger partial charge in [-0.1, -0.05) is 6.08 Å². The van der Waals surface area contributed by atoms with E-state index in [1.807, 2.05) is 6.08 Å². The highest BCUT2D eigenvalue weighted by Gasteiger charge is 2.41. The molecule has 0 spiro atoms. The fraction of sp³-hybridized carbons (Fsp3) is 0.667. The number of carbonyl (C=O) groups is 1. The van der Waals surface area contributed by atoms with Gasteiger partial charge in [0, 0.05) is 18.6 Å². The Hall–Kier alpha value is -1.03. The zero-order valence-corrected chi connectivity index (χ0v) is 7.44. The molecule has 3 fully saturated rings. The highest BCUT2D eigenvalue weighted by atomic mass is 16.4. The van der Waals surface area contributed by atoms with Gasteiger partial charge in [0.15, 0.2) is 0 Å². The van der Waals surface area contributed by atoms with Crippen LogP contribution in [0.3, 0.4) is 0 Å². The van der Waals surface area contributed by atoms with E-state index in [1.54, 1.807) is 0 Å². The Morgan fingerprint density at radius 3 is 2.92 bits per heavy atom. The van der Waals surface area contributed by atoms with E-state index in [2.05, 4.69) is 11.9 Å². The minimum absolute atomic E-state index is 0.0972. The summed E-state index contributed by atoms with van der Waals surface area (Å²) in [6, 6.07) is 0.563. The maximum atomic E-state index is 10.9. The van der Waals surface area contributed by atoms with E-state index in [4.69, 9.17) is 5.11 Å². The van der Waals surface area contributed by atoms with Crippen molar-refractivity contribution in [2.75, 3.05) is 6.54 Å². The molecule has 2 bridgehead atoms. The van der Waals surface area contributed by atoms with Crippen LogP contribution >= 0.6 is 0 Å². The summed E-state index contributed by atoms with van der Waals surface area (Å²) in [4.78, 5) is 12.4. The molecule has 13 heavy (non-hydrogen) atoms. The molecule has 0 saturated carbocycles. The summed E-state index contributed by atoms with van der Waals surface area (Å²) < 4.78 is 0. The Balaban J connectivity index is 2.17. The molecule has 3 saturated heterocycles. The monoisotopic (exact) mass is 182 g/mol. The fourth-order valence-electron chi connectivity index (χ4n) is 2.33. The number of piperazine rings is 1. The van der Waals surface area contributed by atoms with Crippen molar-refractivity contribution in [3.8, 4) is 0 Å². The molecule has 3 heterocycles. The quantitative estimate of drug-likeness (QED) is 0.585. The lowest BCUT2D eigenvalue weighted by Gasteiger charge is -2.48. The lowest BCUT2D eigenvalue weighted by molar-refractivity contribution is 0.0511. The summed E-state index contributed by atoms with van der Waals surface area (Å²) in [5.41, 5.74) is 0. The number of hydrogen-bond donors (Lipinski definition) is 2. The molecule has 0 aromatic rings. The average Bonchev–Trinajstić information content (AvgIpc) is 2.18. The number of nitrogens with one attached hydrogen (secondary N) is 1. The molecule has 3 aliphatic rings. The van der Waals surface area contributed by atoms with Crippen molar-refractivity contribution >= 4 is 6.09 Å². The van der Waals surface area contributed by atoms with Crippen molar-refractivity contribution in [3.63, 3.8) is 0 Å². The van der Waals surface area contributed by atoms with Gasteiger partial charge >= 0.3 is 6.09 Å². The highest BCUT2D eigenvalue weighted by molar-refractivity contribution is 5.66. The maximum Gasteiger partial charge on any atom is 0.407 e. The Morgan fingerprint density at radius 2 is 2.38 bits per heavy atom. The third-order valence-corrected chi connectivity index (χ3v) is 2.97. The summed E-state index contributed by atoms with van der Waals surface area (Å²) in [5.74, 6) is 0. The highest BCUT2D eigenvalue weighted by Crippen LogP contribution is 2.26. The van der Waals surface area contributed by atoms with Gasteiger partial charge < -0.3 is 15.3 Å². The summed E-state index contributed by atoms with van der Waals surface area (Å²) in [6.07, 6.45) is 3.05. The van der Waals surface area contributed by atoms with Crippen molar-refractivity contribution in [2.24, 2.45) is 0 Å². The molecule has 0 radical (unpaired) electrons. The zero-order valence-electron chi connectivity index (χ0n) is 7.44. The maximum absolute atomic E-state index is 10.9. The summed E-state index contributed by atoms with van der Waals surface area (Å²) in [6.45, 7) is 4.34. The van der Waals surface area contributed by atoms with Gasteiger partial charge in [0.25, 0.3) is 0 Å². The molecule has 3 rings (SSSR count). The largest absolute Gasteiger partial charge is 0.465 e. The van der Waals surface area contributed by atoms with E-state index in [1.165, 1.54) is 4.90 Å². The van der Waals surface area contributed by atoms with Gasteiger partial charge in [-0.25, -0.2) is 4.79 Å². The second kappa shape index (κ2) is 3.03. The molecule has 0 aromatic carbocycles. The molecule has 0 aliphatic carbocycles. The normalized spacial score (nSPS) is 37.5. The van der Waals surface area contributed by atoms with Gasteiger partial charge in [0.1, 0.15) is 0 Å². The molecule has 3 aliphatic heterocycles. The van der Waals surface area contributed by atoms with E-state index in [9.17, 15) is 4.79 Å². The van der Waals surface area contributed by atoms with Crippen LogP contribution in [0, 0.1) is 0 Å². The molecule has 3 atom stereocenters. The Bertz CT molecular complexity index is 242. The molecule has 3 unspecified atom stereocenters. The zero-order chi connectivity index (χ0) is 9.42. The smallest absolute Gasteiger partial charge is 0.407 e. The SMILES string of the molecule is C=CC1NC2CCC1N(C(=O)O)C2. The number of hydrogen-bond acceptors (Lipinski definition) is 2. The summed E-state index contributed by atoms with van der Waals surface area (Å²) >= 11 is 0. The van der Waals surface area contributed by atoms with Crippen molar-refractivity contribution < 1.29 is 9.90 Å². The second-order valence-electron chi connectivity index (χ2n) is 3.70. The first-order valence-electron chi connectivity index (χ1n) is 4.60. The molecule has 4 heteroatoms. The first kappa shape index (κ1) is 8.56. The Morgan fingerprint density at radius 1 is 1.62 bits per heavy atom. The van der Waals surface area contributed by atoms with Crippen LogP contribution in [-0.4, -0.2) is 40.8 Å². The van der Waals surface area contributed by atoms with Gasteiger partial charge in [-0.2, -0.15) is 0 Å². The van der Waals surface area contributed by atoms with Gasteiger partial charge in [-0.05, 0) is 12.8 Å². The predicted octanol–water partition coefficient (Wildman–Crippen LogP) is 0.655. The summed E-state index contributed by atoms with van der Waals surface area (Å²) in [7, 11) is 0. The van der Waals surface area contributed by atoms with Gasteiger partial charge in [0.2, 0.25) is 0 Å². The van der Waals surface area contributed by atoms with Crippen LogP contribution in [-0.2, 0) is 0 Å². The molecule has 0 aromatic heterocycles. The molecule has 2 N–H and O–H groups in total. The standard InChI is InChI=1S/C9H14N2O2/c1-2-7-8-4-3-6(10-7)5-11(8)9(12)13/h2,6-8,10H,1,3-5H2,(H,12,13). The molecule has 72 valence electrons. The lowest BCUT2D eigenvalue weighted by atomic mass is 9.87. The third-order valence-electron chi connectivity index (χ3n) is 2.97. The predicted molar refractivity (Wildman–Crippen MR) is 48.7 cm³/mol. The van der Waals surface area contributed by atoms with Crippen LogP contribution in [0.2, 0.25) is 0 Å². The van der Waals surface area contributed by atoms with Crippen molar-refractivity contribution in [2.45, 2.75) is 31.0 Å². The second-order valence-corrected chi connectivity index (χ2v) is 3.70. The number of nitrogens with zero attached hydrogens (tertiary/aromatic N) is 1.